The molecule has 20 heavy (non-hydrogen) atoms. The van der Waals surface area contributed by atoms with Crippen LogP contribution in [0.25, 0.3) is 0 Å². The summed E-state index contributed by atoms with van der Waals surface area (Å²) in [4.78, 5) is 11.9. The molecule has 0 radical (unpaired) electrons. The molecule has 3 nitrogen and oxygen atoms in total. The number of hydrogen-bond donors (Lipinski definition) is 2. The molecule has 2 rings (SSSR count). The van der Waals surface area contributed by atoms with Crippen molar-refractivity contribution < 1.29 is 14.3 Å². The van der Waals surface area contributed by atoms with Gasteiger partial charge in [0.15, 0.2) is 0 Å². The van der Waals surface area contributed by atoms with Gasteiger partial charge in [-0.3, -0.25) is 4.79 Å². The lowest BCUT2D eigenvalue weighted by molar-refractivity contribution is 0.0948. The number of benzene rings is 1. The molecule has 2 N–H and O–H groups in total. The maximum atomic E-state index is 13.7. The Morgan fingerprint density at radius 3 is 2.95 bits per heavy atom. The van der Waals surface area contributed by atoms with Gasteiger partial charge in [0.05, 0.1) is 12.2 Å². The Balaban J connectivity index is 1.99. The fraction of sp³-hybridized carbons (Fsp3) is 0.438. The summed E-state index contributed by atoms with van der Waals surface area (Å²) in [6.07, 6.45) is 3.80. The second kappa shape index (κ2) is 7.06. The number of aliphatic hydroxyl groups is 1. The minimum absolute atomic E-state index is 0.0112. The third-order valence-electron chi connectivity index (χ3n) is 3.22. The Kier molecular flexibility index (Phi) is 5.14. The van der Waals surface area contributed by atoms with E-state index in [1.54, 1.807) is 0 Å². The molecule has 0 bridgehead atoms. The molecule has 0 unspecified atom stereocenters. The Bertz CT molecular complexity index is 541. The van der Waals surface area contributed by atoms with Gasteiger partial charge in [-0.15, -0.1) is 0 Å². The van der Waals surface area contributed by atoms with Crippen LogP contribution in [0.3, 0.4) is 0 Å². The molecule has 0 aliphatic heterocycles. The summed E-state index contributed by atoms with van der Waals surface area (Å²) in [6, 6.07) is 4.23. The number of rotatable bonds is 5. The highest BCUT2D eigenvalue weighted by Gasteiger charge is 2.21. The van der Waals surface area contributed by atoms with Crippen LogP contribution >= 0.6 is 0 Å². The van der Waals surface area contributed by atoms with E-state index in [1.807, 2.05) is 0 Å². The predicted octanol–water partition coefficient (Wildman–Crippen LogP) is 2.09. The second-order valence-electron chi connectivity index (χ2n) is 4.96. The molecule has 0 heterocycles. The molecule has 1 saturated carbocycles. The number of amides is 1. The number of carbonyl (C=O) groups is 1. The van der Waals surface area contributed by atoms with E-state index in [1.165, 1.54) is 31.0 Å². The molecule has 0 atom stereocenters. The zero-order valence-electron chi connectivity index (χ0n) is 11.3. The van der Waals surface area contributed by atoms with Crippen molar-refractivity contribution in [3.63, 3.8) is 0 Å². The van der Waals surface area contributed by atoms with Crippen LogP contribution in [0.1, 0.15) is 41.6 Å². The highest BCUT2D eigenvalue weighted by molar-refractivity contribution is 5.94. The van der Waals surface area contributed by atoms with Crippen molar-refractivity contribution in [3.05, 3.63) is 35.1 Å². The SMILES string of the molecule is O=C(NCCC1CC1)c1cc(C#CCCO)ccc1F. The van der Waals surface area contributed by atoms with E-state index in [4.69, 9.17) is 5.11 Å². The van der Waals surface area contributed by atoms with Crippen LogP contribution in [0.5, 0.6) is 0 Å². The molecule has 0 spiro atoms. The zero-order valence-corrected chi connectivity index (χ0v) is 11.3. The molecule has 1 amide bonds. The Morgan fingerprint density at radius 2 is 2.25 bits per heavy atom. The molecular weight excluding hydrogens is 257 g/mol. The van der Waals surface area contributed by atoms with E-state index in [9.17, 15) is 9.18 Å². The number of hydrogen-bond acceptors (Lipinski definition) is 2. The minimum Gasteiger partial charge on any atom is -0.395 e. The van der Waals surface area contributed by atoms with Crippen molar-refractivity contribution in [1.82, 2.24) is 5.32 Å². The Labute approximate surface area is 118 Å². The van der Waals surface area contributed by atoms with Gasteiger partial charge in [0, 0.05) is 18.5 Å². The second-order valence-corrected chi connectivity index (χ2v) is 4.96. The summed E-state index contributed by atoms with van der Waals surface area (Å²) in [5, 5.41) is 11.4. The van der Waals surface area contributed by atoms with Crippen molar-refractivity contribution in [2.45, 2.75) is 25.7 Å². The van der Waals surface area contributed by atoms with Gasteiger partial charge in [-0.1, -0.05) is 24.7 Å². The highest BCUT2D eigenvalue weighted by atomic mass is 19.1. The normalized spacial score (nSPS) is 13.5. The van der Waals surface area contributed by atoms with Gasteiger partial charge in [0.1, 0.15) is 5.82 Å². The third-order valence-corrected chi connectivity index (χ3v) is 3.22. The monoisotopic (exact) mass is 275 g/mol. The molecule has 0 aromatic heterocycles. The molecule has 1 aliphatic carbocycles. The van der Waals surface area contributed by atoms with Crippen molar-refractivity contribution in [1.29, 1.82) is 0 Å². The number of carbonyl (C=O) groups excluding carboxylic acids is 1. The van der Waals surface area contributed by atoms with Crippen LogP contribution in [0.15, 0.2) is 18.2 Å². The number of aliphatic hydroxyl groups excluding tert-OH is 1. The summed E-state index contributed by atoms with van der Waals surface area (Å²) >= 11 is 0. The molecule has 1 aromatic carbocycles. The summed E-state index contributed by atoms with van der Waals surface area (Å²) in [7, 11) is 0. The van der Waals surface area contributed by atoms with Crippen LogP contribution < -0.4 is 5.32 Å². The van der Waals surface area contributed by atoms with Crippen LogP contribution in [0.2, 0.25) is 0 Å². The van der Waals surface area contributed by atoms with Crippen LogP contribution in [-0.2, 0) is 0 Å². The topological polar surface area (TPSA) is 49.3 Å². The maximum absolute atomic E-state index is 13.7. The average molecular weight is 275 g/mol. The maximum Gasteiger partial charge on any atom is 0.254 e. The summed E-state index contributed by atoms with van der Waals surface area (Å²) < 4.78 is 13.7. The van der Waals surface area contributed by atoms with Gasteiger partial charge in [-0.2, -0.15) is 0 Å². The van der Waals surface area contributed by atoms with Gasteiger partial charge < -0.3 is 10.4 Å². The van der Waals surface area contributed by atoms with Crippen molar-refractivity contribution in [3.8, 4) is 11.8 Å². The van der Waals surface area contributed by atoms with Crippen molar-refractivity contribution >= 4 is 5.91 Å². The zero-order chi connectivity index (χ0) is 14.4. The lowest BCUT2D eigenvalue weighted by Crippen LogP contribution is -2.25. The fourth-order valence-electron chi connectivity index (χ4n) is 1.89. The van der Waals surface area contributed by atoms with Crippen LogP contribution in [0.4, 0.5) is 4.39 Å². The van der Waals surface area contributed by atoms with Gasteiger partial charge >= 0.3 is 0 Å². The van der Waals surface area contributed by atoms with Crippen molar-refractivity contribution in [2.75, 3.05) is 13.2 Å². The lowest BCUT2D eigenvalue weighted by Gasteiger charge is -2.06. The summed E-state index contributed by atoms with van der Waals surface area (Å²) in [5.41, 5.74) is 0.601. The fourth-order valence-corrected chi connectivity index (χ4v) is 1.89. The molecule has 0 saturated heterocycles. The molecule has 106 valence electrons. The smallest absolute Gasteiger partial charge is 0.254 e. The van der Waals surface area contributed by atoms with Crippen LogP contribution in [0, 0.1) is 23.6 Å². The van der Waals surface area contributed by atoms with Gasteiger partial charge in [0.2, 0.25) is 0 Å². The van der Waals surface area contributed by atoms with E-state index in [2.05, 4.69) is 17.2 Å². The first-order valence-electron chi connectivity index (χ1n) is 6.88. The summed E-state index contributed by atoms with van der Waals surface area (Å²) in [6.45, 7) is 0.575. The van der Waals surface area contributed by atoms with Crippen LogP contribution in [-0.4, -0.2) is 24.2 Å². The first-order chi connectivity index (χ1) is 9.70. The number of nitrogens with one attached hydrogen (secondary N) is 1. The standard InChI is InChI=1S/C16H18FNO2/c17-15-7-6-13(3-1-2-10-19)11-14(15)16(20)18-9-8-12-4-5-12/h6-7,11-12,19H,2,4-5,8-10H2,(H,18,20). The highest BCUT2D eigenvalue weighted by Crippen LogP contribution is 2.31. The van der Waals surface area contributed by atoms with Gasteiger partial charge in [0.25, 0.3) is 5.91 Å². The molecule has 1 fully saturated rings. The van der Waals surface area contributed by atoms with E-state index in [0.717, 1.165) is 12.3 Å². The van der Waals surface area contributed by atoms with E-state index < -0.39 is 11.7 Å². The number of halogens is 1. The first-order valence-corrected chi connectivity index (χ1v) is 6.88. The van der Waals surface area contributed by atoms with Gasteiger partial charge in [-0.25, -0.2) is 4.39 Å². The minimum atomic E-state index is -0.540. The van der Waals surface area contributed by atoms with Gasteiger partial charge in [-0.05, 0) is 30.5 Å². The van der Waals surface area contributed by atoms with E-state index >= 15 is 0 Å². The first kappa shape index (κ1) is 14.5. The Hall–Kier alpha value is -1.86. The molecular formula is C16H18FNO2. The average Bonchev–Trinajstić information content (AvgIpc) is 3.25. The molecule has 1 aliphatic rings. The quantitative estimate of drug-likeness (QED) is 0.808. The van der Waals surface area contributed by atoms with E-state index in [0.29, 0.717) is 18.5 Å². The molecule has 1 aromatic rings. The summed E-state index contributed by atoms with van der Waals surface area (Å²) in [5.74, 6) is 5.34. The molecule has 4 heteroatoms. The Morgan fingerprint density at radius 1 is 1.45 bits per heavy atom. The third kappa shape index (κ3) is 4.36. The van der Waals surface area contributed by atoms with Crippen molar-refractivity contribution in [2.24, 2.45) is 5.92 Å². The van der Waals surface area contributed by atoms with E-state index in [-0.39, 0.29) is 12.2 Å². The largest absolute Gasteiger partial charge is 0.395 e. The lowest BCUT2D eigenvalue weighted by atomic mass is 10.1. The predicted molar refractivity (Wildman–Crippen MR) is 74.7 cm³/mol.